The minimum Gasteiger partial charge on any atom is -0.756 e. The molecule has 3 heterocycles. The molecule has 12 N–H and O–H groups in total. The summed E-state index contributed by atoms with van der Waals surface area (Å²) in [5.41, 5.74) is 5.97. The Morgan fingerprint density at radius 3 is 2.17 bits per heavy atom. The van der Waals surface area contributed by atoms with E-state index in [1.165, 1.54) is 10.9 Å². The van der Waals surface area contributed by atoms with Crippen LogP contribution in [0.25, 0.3) is 11.2 Å². The number of imidazole rings is 1. The van der Waals surface area contributed by atoms with Crippen molar-refractivity contribution < 1.29 is 137 Å². The van der Waals surface area contributed by atoms with Crippen LogP contribution in [0.15, 0.2) is 12.7 Å². The predicted octanol–water partition coefficient (Wildman–Crippen LogP) is -11.4. The first kappa shape index (κ1) is 41.0. The molecule has 1 aliphatic heterocycles. The van der Waals surface area contributed by atoms with Crippen LogP contribution >= 0.6 is 23.5 Å². The van der Waals surface area contributed by atoms with E-state index in [1.807, 2.05) is 0 Å². The van der Waals surface area contributed by atoms with Crippen molar-refractivity contribution in [3.8, 4) is 0 Å². The Morgan fingerprint density at radius 1 is 1.03 bits per heavy atom. The summed E-state index contributed by atoms with van der Waals surface area (Å²) in [4.78, 5) is 51.0. The van der Waals surface area contributed by atoms with Crippen molar-refractivity contribution in [2.75, 3.05) is 12.3 Å². The molecular formula is C10H20N5Na2O16P3. The molecule has 0 saturated carbocycles. The van der Waals surface area contributed by atoms with E-state index in [1.54, 1.807) is 0 Å². The third-order valence-electron chi connectivity index (χ3n) is 3.81. The summed E-state index contributed by atoms with van der Waals surface area (Å²) in [7, 11) is -17.4. The third-order valence-corrected chi connectivity index (χ3v) is 7.53. The molecule has 26 heteroatoms. The minimum atomic E-state index is -6.01. The maximum atomic E-state index is 11.7. The zero-order chi connectivity index (χ0) is 23.2. The van der Waals surface area contributed by atoms with Crippen LogP contribution in [-0.2, 0) is 31.6 Å². The number of hydrogen-bond donors (Lipinski definition) is 5. The Labute approximate surface area is 244 Å². The van der Waals surface area contributed by atoms with E-state index in [0.29, 0.717) is 0 Å². The number of phosphoric acid groups is 3. The molecule has 7 atom stereocenters. The molecule has 36 heavy (non-hydrogen) atoms. The Kier molecular flexibility index (Phi) is 17.5. The number of nitrogens with two attached hydrogens (primary N) is 1. The second kappa shape index (κ2) is 15.3. The molecule has 1 saturated heterocycles. The van der Waals surface area contributed by atoms with E-state index in [-0.39, 0.29) is 92.5 Å². The summed E-state index contributed by atoms with van der Waals surface area (Å²) in [6.45, 7) is -1.000. The molecule has 0 aromatic carbocycles. The summed E-state index contributed by atoms with van der Waals surface area (Å²) < 4.78 is 51.0. The average Bonchev–Trinajstić information content (AvgIpc) is 3.13. The summed E-state index contributed by atoms with van der Waals surface area (Å²) >= 11 is 0. The van der Waals surface area contributed by atoms with Gasteiger partial charge in [-0.15, -0.1) is 0 Å². The number of nitrogens with zero attached hydrogens (tertiary/aromatic N) is 4. The van der Waals surface area contributed by atoms with Gasteiger partial charge in [0.2, 0.25) is 0 Å². The number of aromatic nitrogens is 4. The maximum Gasteiger partial charge on any atom is 1.00 e. The standard InChI is InChI=1S/C10H16N5O13P3.2Na.3H2O/c11-8-5-9(13-2-12-8)15(3-14-5)10-7(17)6(16)4(26-10)1-25-30(21,22)28-31(23,24)27-29(18,19)20;;;;;/h2-4,6-7,10,16-17H,1H2,(H,21,22)(H,23,24)(H2,11,12,13)(H2,18,19,20);;;3*1H2/q;2*+1;;;/p-2/t4-,6-,7-,10?;;;;;/m1...../s1. The number of aliphatic hydroxyl groups excluding tert-OH is 2. The van der Waals surface area contributed by atoms with Crippen LogP contribution in [0, 0.1) is 0 Å². The van der Waals surface area contributed by atoms with Crippen LogP contribution in [-0.4, -0.2) is 80.9 Å². The number of anilines is 1. The molecule has 4 unspecified atom stereocenters. The van der Waals surface area contributed by atoms with Gasteiger partial charge < -0.3 is 56.7 Å². The smallest absolute Gasteiger partial charge is 0.756 e. The van der Waals surface area contributed by atoms with Crippen molar-refractivity contribution in [3.63, 3.8) is 0 Å². The van der Waals surface area contributed by atoms with Gasteiger partial charge in [-0.3, -0.25) is 18.2 Å². The molecule has 21 nitrogen and oxygen atoms in total. The fourth-order valence-corrected chi connectivity index (χ4v) is 5.55. The third kappa shape index (κ3) is 10.2. The normalized spacial score (nSPS) is 25.8. The van der Waals surface area contributed by atoms with Gasteiger partial charge in [-0.1, -0.05) is 0 Å². The SMILES string of the molecule is Nc1ncnc2c1ncn2C1O[C@H](COP(=O)(O)OP(=O)([O-])OP(=O)([O-])O)[C@@H](O)[C@H]1O.O.O.O.[Na+].[Na+]. The molecule has 0 aliphatic carbocycles. The molecule has 198 valence electrons. The second-order valence-corrected chi connectivity index (χ2v) is 10.3. The number of hydrogen-bond acceptors (Lipinski definition) is 15. The first-order valence-corrected chi connectivity index (χ1v) is 12.3. The van der Waals surface area contributed by atoms with Crippen LogP contribution < -0.4 is 74.6 Å². The summed E-state index contributed by atoms with van der Waals surface area (Å²) in [5, 5.41) is 20.4. The molecule has 0 radical (unpaired) electrons. The van der Waals surface area contributed by atoms with Gasteiger partial charge in [0.05, 0.1) is 12.9 Å². The van der Waals surface area contributed by atoms with Gasteiger partial charge in [-0.25, -0.2) is 28.1 Å². The Balaban J connectivity index is -0.00000218. The topological polar surface area (TPSA) is 379 Å². The molecule has 0 amide bonds. The van der Waals surface area contributed by atoms with E-state index < -0.39 is 54.6 Å². The molecule has 0 spiro atoms. The van der Waals surface area contributed by atoms with Crippen molar-refractivity contribution in [3.05, 3.63) is 12.7 Å². The number of fused-ring (bicyclic) bond motifs is 1. The number of nitrogen functional groups attached to an aromatic ring is 1. The van der Waals surface area contributed by atoms with E-state index >= 15 is 0 Å². The quantitative estimate of drug-likeness (QED) is 0.138. The van der Waals surface area contributed by atoms with Crippen molar-refractivity contribution in [2.24, 2.45) is 0 Å². The Bertz CT molecular complexity index is 1120. The van der Waals surface area contributed by atoms with Crippen LogP contribution in [0.5, 0.6) is 0 Å². The number of ether oxygens (including phenoxy) is 1. The van der Waals surface area contributed by atoms with E-state index in [0.717, 1.165) is 6.33 Å². The number of rotatable bonds is 8. The van der Waals surface area contributed by atoms with Crippen LogP contribution in [0.3, 0.4) is 0 Å². The molecule has 1 fully saturated rings. The zero-order valence-electron chi connectivity index (χ0n) is 18.3. The van der Waals surface area contributed by atoms with Crippen LogP contribution in [0.2, 0.25) is 0 Å². The predicted molar refractivity (Wildman–Crippen MR) is 102 cm³/mol. The van der Waals surface area contributed by atoms with E-state index in [2.05, 4.69) is 28.1 Å². The van der Waals surface area contributed by atoms with Gasteiger partial charge in [0, 0.05) is 0 Å². The van der Waals surface area contributed by atoms with Gasteiger partial charge in [0.1, 0.15) is 30.2 Å². The van der Waals surface area contributed by atoms with Crippen molar-refractivity contribution in [1.29, 1.82) is 0 Å². The summed E-state index contributed by atoms with van der Waals surface area (Å²) in [6, 6.07) is 0. The average molecular weight is 605 g/mol. The molecule has 1 aliphatic rings. The van der Waals surface area contributed by atoms with Gasteiger partial charge in [0.15, 0.2) is 17.7 Å². The first-order chi connectivity index (χ1) is 14.2. The van der Waals surface area contributed by atoms with Gasteiger partial charge in [-0.2, -0.15) is 0 Å². The number of aliphatic hydroxyl groups is 2. The molecule has 0 bridgehead atoms. The largest absolute Gasteiger partial charge is 1.00 e. The maximum absolute atomic E-state index is 11.7. The Morgan fingerprint density at radius 2 is 1.61 bits per heavy atom. The summed E-state index contributed by atoms with van der Waals surface area (Å²) in [6.07, 6.45) is -3.81. The minimum absolute atomic E-state index is 0. The van der Waals surface area contributed by atoms with E-state index in [9.17, 15) is 38.6 Å². The molecule has 2 aromatic heterocycles. The van der Waals surface area contributed by atoms with Crippen molar-refractivity contribution >= 4 is 40.4 Å². The van der Waals surface area contributed by atoms with Gasteiger partial charge in [-0.05, 0) is 0 Å². The van der Waals surface area contributed by atoms with Crippen LogP contribution in [0.4, 0.5) is 5.82 Å². The van der Waals surface area contributed by atoms with Gasteiger partial charge in [0.25, 0.3) is 15.6 Å². The van der Waals surface area contributed by atoms with Crippen LogP contribution in [0.1, 0.15) is 6.23 Å². The zero-order valence-corrected chi connectivity index (χ0v) is 25.0. The van der Waals surface area contributed by atoms with Crippen molar-refractivity contribution in [2.45, 2.75) is 24.5 Å². The molecule has 2 aromatic rings. The van der Waals surface area contributed by atoms with Crippen molar-refractivity contribution in [1.82, 2.24) is 19.5 Å². The monoisotopic (exact) mass is 605 g/mol. The number of phosphoric ester groups is 1. The van der Waals surface area contributed by atoms with E-state index in [4.69, 9.17) is 15.4 Å². The first-order valence-electron chi connectivity index (χ1n) is 7.88. The molecular weight excluding hydrogens is 585 g/mol. The fraction of sp³-hybridized carbons (Fsp3) is 0.500. The van der Waals surface area contributed by atoms with Gasteiger partial charge >= 0.3 is 66.9 Å². The Hall–Kier alpha value is 0.520. The fourth-order valence-electron chi connectivity index (χ4n) is 2.61. The second-order valence-electron chi connectivity index (χ2n) is 5.97. The molecule has 3 rings (SSSR count). The summed E-state index contributed by atoms with van der Waals surface area (Å²) in [5.74, 6) is 0.0322.